The molecule has 1 unspecified atom stereocenters. The van der Waals surface area contributed by atoms with Crippen LogP contribution >= 0.6 is 11.3 Å². The van der Waals surface area contributed by atoms with Crippen LogP contribution in [0.1, 0.15) is 30.3 Å². The molecule has 2 heterocycles. The van der Waals surface area contributed by atoms with Gasteiger partial charge in [-0.1, -0.05) is 18.2 Å². The monoisotopic (exact) mass is 382 g/mol. The molecule has 0 spiro atoms. The number of nitrogens with zero attached hydrogens (tertiary/aromatic N) is 4. The molecule has 4 rings (SSSR count). The first-order valence-corrected chi connectivity index (χ1v) is 9.54. The summed E-state index contributed by atoms with van der Waals surface area (Å²) in [6.45, 7) is 1.54. The highest BCUT2D eigenvalue weighted by Crippen LogP contribution is 2.31. The number of carboxylic acid groups (broad SMARTS) is 1. The van der Waals surface area contributed by atoms with Crippen LogP contribution in [0, 0.1) is 0 Å². The number of thiazole rings is 1. The highest BCUT2D eigenvalue weighted by Gasteiger charge is 2.39. The molecule has 1 aliphatic carbocycles. The maximum atomic E-state index is 12.8. The molecule has 7 nitrogen and oxygen atoms in total. The van der Waals surface area contributed by atoms with E-state index in [0.717, 1.165) is 24.1 Å². The van der Waals surface area contributed by atoms with Crippen LogP contribution in [0.4, 0.5) is 0 Å². The number of aliphatic carboxylic acids is 1. The predicted octanol–water partition coefficient (Wildman–Crippen LogP) is 3.07. The summed E-state index contributed by atoms with van der Waals surface area (Å²) >= 11 is 1.35. The Hall–Kier alpha value is -3.00. The Bertz CT molecular complexity index is 978. The lowest BCUT2D eigenvalue weighted by atomic mass is 10.2. The maximum Gasteiger partial charge on any atom is 0.326 e. The molecule has 1 aliphatic rings. The van der Waals surface area contributed by atoms with Crippen molar-refractivity contribution >= 4 is 23.2 Å². The van der Waals surface area contributed by atoms with E-state index >= 15 is 0 Å². The van der Waals surface area contributed by atoms with Crippen molar-refractivity contribution in [2.24, 2.45) is 0 Å². The number of carbonyl (C=O) groups excluding carboxylic acids is 1. The van der Waals surface area contributed by atoms with Crippen LogP contribution in [0.2, 0.25) is 0 Å². The van der Waals surface area contributed by atoms with Gasteiger partial charge in [-0.3, -0.25) is 4.79 Å². The normalized spacial score (nSPS) is 14.7. The highest BCUT2D eigenvalue weighted by atomic mass is 32.1. The molecule has 1 aromatic carbocycles. The zero-order chi connectivity index (χ0) is 19.0. The molecule has 138 valence electrons. The quantitative estimate of drug-likeness (QED) is 0.708. The fourth-order valence-electron chi connectivity index (χ4n) is 2.92. The number of rotatable bonds is 6. The predicted molar refractivity (Wildman–Crippen MR) is 101 cm³/mol. The van der Waals surface area contributed by atoms with Crippen molar-refractivity contribution in [2.45, 2.75) is 31.8 Å². The molecule has 1 amide bonds. The van der Waals surface area contributed by atoms with E-state index < -0.39 is 12.0 Å². The molecule has 0 aliphatic heterocycles. The summed E-state index contributed by atoms with van der Waals surface area (Å²) in [4.78, 5) is 30.1. The Kier molecular flexibility index (Phi) is 4.49. The lowest BCUT2D eigenvalue weighted by molar-refractivity contribution is -0.141. The molecule has 1 fully saturated rings. The van der Waals surface area contributed by atoms with E-state index in [1.165, 1.54) is 23.2 Å². The van der Waals surface area contributed by atoms with Gasteiger partial charge < -0.3 is 10.0 Å². The Morgan fingerprint density at radius 3 is 2.70 bits per heavy atom. The van der Waals surface area contributed by atoms with Gasteiger partial charge in [0.2, 0.25) is 0 Å². The van der Waals surface area contributed by atoms with Gasteiger partial charge in [-0.2, -0.15) is 5.10 Å². The number of para-hydroxylation sites is 1. The minimum atomic E-state index is -1.00. The van der Waals surface area contributed by atoms with Gasteiger partial charge in [-0.15, -0.1) is 11.3 Å². The van der Waals surface area contributed by atoms with Crippen molar-refractivity contribution in [1.82, 2.24) is 19.7 Å². The van der Waals surface area contributed by atoms with Gasteiger partial charge in [-0.25, -0.2) is 14.5 Å². The Balaban J connectivity index is 1.57. The van der Waals surface area contributed by atoms with Crippen LogP contribution < -0.4 is 0 Å². The van der Waals surface area contributed by atoms with Crippen LogP contribution in [0.5, 0.6) is 0 Å². The Labute approximate surface area is 159 Å². The molecule has 0 radical (unpaired) electrons. The SMILES string of the molecule is CC(C(=O)O)N(C(=O)c1csc(-c2cnn(-c3ccccc3)c2)n1)C1CC1. The number of carboxylic acids is 1. The Morgan fingerprint density at radius 1 is 1.30 bits per heavy atom. The molecule has 0 saturated heterocycles. The number of hydrogen-bond donors (Lipinski definition) is 1. The molecule has 8 heteroatoms. The third-order valence-corrected chi connectivity index (χ3v) is 5.41. The van der Waals surface area contributed by atoms with E-state index in [0.29, 0.717) is 5.01 Å². The minimum absolute atomic E-state index is 0.00502. The topological polar surface area (TPSA) is 88.3 Å². The zero-order valence-corrected chi connectivity index (χ0v) is 15.5. The van der Waals surface area contributed by atoms with E-state index in [2.05, 4.69) is 10.1 Å². The third kappa shape index (κ3) is 3.48. The smallest absolute Gasteiger partial charge is 0.326 e. The summed E-state index contributed by atoms with van der Waals surface area (Å²) in [5, 5.41) is 16.0. The fourth-order valence-corrected chi connectivity index (χ4v) is 3.69. The summed E-state index contributed by atoms with van der Waals surface area (Å²) in [7, 11) is 0. The lowest BCUT2D eigenvalue weighted by Crippen LogP contribution is -2.44. The summed E-state index contributed by atoms with van der Waals surface area (Å²) in [5.74, 6) is -1.33. The molecule has 2 aromatic heterocycles. The second-order valence-electron chi connectivity index (χ2n) is 6.50. The average molecular weight is 382 g/mol. The Morgan fingerprint density at radius 2 is 2.04 bits per heavy atom. The van der Waals surface area contributed by atoms with Crippen molar-refractivity contribution in [3.05, 3.63) is 53.8 Å². The zero-order valence-electron chi connectivity index (χ0n) is 14.6. The van der Waals surface area contributed by atoms with E-state index in [1.807, 2.05) is 36.5 Å². The van der Waals surface area contributed by atoms with Gasteiger partial charge in [0.25, 0.3) is 5.91 Å². The van der Waals surface area contributed by atoms with Gasteiger partial charge in [0.05, 0.1) is 11.9 Å². The van der Waals surface area contributed by atoms with Crippen LogP contribution in [-0.2, 0) is 4.79 Å². The van der Waals surface area contributed by atoms with Crippen LogP contribution in [0.15, 0.2) is 48.1 Å². The molecule has 3 aromatic rings. The number of aromatic nitrogens is 3. The summed E-state index contributed by atoms with van der Waals surface area (Å²) in [6.07, 6.45) is 5.24. The van der Waals surface area contributed by atoms with E-state index in [9.17, 15) is 14.7 Å². The number of hydrogen-bond acceptors (Lipinski definition) is 5. The van der Waals surface area contributed by atoms with Crippen molar-refractivity contribution in [1.29, 1.82) is 0 Å². The maximum absolute atomic E-state index is 12.8. The van der Waals surface area contributed by atoms with E-state index in [-0.39, 0.29) is 17.6 Å². The first-order chi connectivity index (χ1) is 13.0. The lowest BCUT2D eigenvalue weighted by Gasteiger charge is -2.25. The minimum Gasteiger partial charge on any atom is -0.480 e. The van der Waals surface area contributed by atoms with Crippen molar-refractivity contribution in [3.63, 3.8) is 0 Å². The van der Waals surface area contributed by atoms with Gasteiger partial charge in [0.1, 0.15) is 16.7 Å². The van der Waals surface area contributed by atoms with Crippen LogP contribution in [0.3, 0.4) is 0 Å². The number of carbonyl (C=O) groups is 2. The number of benzene rings is 1. The molecular weight excluding hydrogens is 364 g/mol. The third-order valence-electron chi connectivity index (χ3n) is 4.52. The fraction of sp³-hybridized carbons (Fsp3) is 0.263. The van der Waals surface area contributed by atoms with Gasteiger partial charge >= 0.3 is 5.97 Å². The van der Waals surface area contributed by atoms with E-state index in [1.54, 1.807) is 16.3 Å². The molecule has 27 heavy (non-hydrogen) atoms. The summed E-state index contributed by atoms with van der Waals surface area (Å²) in [6, 6.07) is 8.85. The average Bonchev–Trinajstić information content (AvgIpc) is 3.19. The molecule has 1 N–H and O–H groups in total. The largest absolute Gasteiger partial charge is 0.480 e. The second-order valence-corrected chi connectivity index (χ2v) is 7.36. The molecular formula is C19H18N4O3S. The van der Waals surface area contributed by atoms with Crippen LogP contribution in [-0.4, -0.2) is 48.7 Å². The molecule has 1 atom stereocenters. The molecule has 1 saturated carbocycles. The van der Waals surface area contributed by atoms with Crippen molar-refractivity contribution in [2.75, 3.05) is 0 Å². The van der Waals surface area contributed by atoms with Crippen molar-refractivity contribution in [3.8, 4) is 16.3 Å². The first-order valence-electron chi connectivity index (χ1n) is 8.66. The first kappa shape index (κ1) is 17.4. The van der Waals surface area contributed by atoms with E-state index in [4.69, 9.17) is 0 Å². The van der Waals surface area contributed by atoms with Crippen molar-refractivity contribution < 1.29 is 14.7 Å². The van der Waals surface area contributed by atoms with Crippen LogP contribution in [0.25, 0.3) is 16.3 Å². The highest BCUT2D eigenvalue weighted by molar-refractivity contribution is 7.13. The summed E-state index contributed by atoms with van der Waals surface area (Å²) in [5.41, 5.74) is 2.03. The molecule has 0 bridgehead atoms. The van der Waals surface area contributed by atoms with Gasteiger partial charge in [-0.05, 0) is 31.9 Å². The standard InChI is InChI=1S/C19H18N4O3S/c1-12(19(25)26)23(15-7-8-15)18(24)16-11-27-17(21-16)13-9-20-22(10-13)14-5-3-2-4-6-14/h2-6,9-12,15H,7-8H2,1H3,(H,25,26). The summed E-state index contributed by atoms with van der Waals surface area (Å²) < 4.78 is 1.75. The van der Waals surface area contributed by atoms with Gasteiger partial charge in [0, 0.05) is 23.2 Å². The second kappa shape index (κ2) is 6.96. The number of amides is 1. The van der Waals surface area contributed by atoms with Gasteiger partial charge in [0.15, 0.2) is 0 Å².